The van der Waals surface area contributed by atoms with Crippen LogP contribution in [0.1, 0.15) is 26.2 Å². The van der Waals surface area contributed by atoms with Gasteiger partial charge in [0.25, 0.3) is 0 Å². The van der Waals surface area contributed by atoms with Crippen LogP contribution in [0.25, 0.3) is 0 Å². The van der Waals surface area contributed by atoms with E-state index in [1.165, 1.54) is 24.9 Å². The second-order valence-electron chi connectivity index (χ2n) is 6.29. The number of amides is 1. The fraction of sp³-hybridized carbons (Fsp3) is 0.588. The smallest absolute Gasteiger partial charge is 0.227 e. The predicted molar refractivity (Wildman–Crippen MR) is 86.7 cm³/mol. The molecule has 1 amide bonds. The molecule has 0 radical (unpaired) electrons. The summed E-state index contributed by atoms with van der Waals surface area (Å²) in [6, 6.07) is 8.29. The molecule has 0 aliphatic carbocycles. The van der Waals surface area contributed by atoms with Gasteiger partial charge in [-0.25, -0.2) is 0 Å². The number of hydrogen-bond donors (Lipinski definition) is 2. The van der Waals surface area contributed by atoms with Gasteiger partial charge in [0, 0.05) is 30.4 Å². The lowest BCUT2D eigenvalue weighted by molar-refractivity contribution is -0.121. The Kier molecular flexibility index (Phi) is 4.44. The standard InChI is InChI=1S/C17H25N3O/c1-13(14-11-18-12-14)17(21)19-15-5-7-16(8-6-15)20-9-3-2-4-10-20/h5-8,13-14,18H,2-4,9-12H2,1H3,(H,19,21). The average Bonchev–Trinajstić information content (AvgIpc) is 2.47. The highest BCUT2D eigenvalue weighted by molar-refractivity contribution is 5.92. The van der Waals surface area contributed by atoms with E-state index in [4.69, 9.17) is 0 Å². The van der Waals surface area contributed by atoms with Gasteiger partial charge in [-0.15, -0.1) is 0 Å². The third-order valence-corrected chi connectivity index (χ3v) is 4.79. The lowest BCUT2D eigenvalue weighted by Gasteiger charge is -2.31. The first kappa shape index (κ1) is 14.4. The minimum Gasteiger partial charge on any atom is -0.372 e. The molecule has 4 nitrogen and oxygen atoms in total. The van der Waals surface area contributed by atoms with Gasteiger partial charge < -0.3 is 15.5 Å². The van der Waals surface area contributed by atoms with Gasteiger partial charge in [-0.3, -0.25) is 4.79 Å². The first-order valence-corrected chi connectivity index (χ1v) is 8.10. The molecule has 2 heterocycles. The van der Waals surface area contributed by atoms with Crippen molar-refractivity contribution in [3.05, 3.63) is 24.3 Å². The summed E-state index contributed by atoms with van der Waals surface area (Å²) in [6.45, 7) is 6.24. The second kappa shape index (κ2) is 6.48. The monoisotopic (exact) mass is 287 g/mol. The Hall–Kier alpha value is -1.55. The summed E-state index contributed by atoms with van der Waals surface area (Å²) in [4.78, 5) is 14.6. The Bertz CT molecular complexity index is 475. The topological polar surface area (TPSA) is 44.4 Å². The Morgan fingerprint density at radius 1 is 1.19 bits per heavy atom. The summed E-state index contributed by atoms with van der Waals surface area (Å²) in [6.07, 6.45) is 3.91. The predicted octanol–water partition coefficient (Wildman–Crippen LogP) is 2.47. The number of nitrogens with zero attached hydrogens (tertiary/aromatic N) is 1. The first-order chi connectivity index (χ1) is 10.2. The van der Waals surface area contributed by atoms with Crippen molar-refractivity contribution in [3.8, 4) is 0 Å². The van der Waals surface area contributed by atoms with Crippen molar-refractivity contribution in [2.24, 2.45) is 11.8 Å². The molecule has 4 heteroatoms. The van der Waals surface area contributed by atoms with Crippen LogP contribution < -0.4 is 15.5 Å². The van der Waals surface area contributed by atoms with Crippen molar-refractivity contribution in [1.29, 1.82) is 0 Å². The van der Waals surface area contributed by atoms with E-state index in [0.29, 0.717) is 5.92 Å². The molecular formula is C17H25N3O. The normalized spacial score (nSPS) is 20.7. The van der Waals surface area contributed by atoms with Crippen LogP contribution in [0.15, 0.2) is 24.3 Å². The zero-order valence-electron chi connectivity index (χ0n) is 12.8. The molecule has 3 rings (SSSR count). The fourth-order valence-electron chi connectivity index (χ4n) is 3.04. The van der Waals surface area contributed by atoms with Crippen LogP contribution in [0.3, 0.4) is 0 Å². The van der Waals surface area contributed by atoms with Crippen molar-refractivity contribution in [2.45, 2.75) is 26.2 Å². The van der Waals surface area contributed by atoms with Gasteiger partial charge in [0.2, 0.25) is 5.91 Å². The summed E-state index contributed by atoms with van der Waals surface area (Å²) < 4.78 is 0. The van der Waals surface area contributed by atoms with Crippen molar-refractivity contribution < 1.29 is 4.79 Å². The maximum absolute atomic E-state index is 12.2. The van der Waals surface area contributed by atoms with E-state index in [1.54, 1.807) is 0 Å². The summed E-state index contributed by atoms with van der Waals surface area (Å²) in [5.74, 6) is 0.692. The van der Waals surface area contributed by atoms with Gasteiger partial charge >= 0.3 is 0 Å². The SMILES string of the molecule is CC(C(=O)Nc1ccc(N2CCCCC2)cc1)C1CNC1. The number of carbonyl (C=O) groups excluding carboxylic acids is 1. The van der Waals surface area contributed by atoms with Gasteiger partial charge in [0.15, 0.2) is 0 Å². The van der Waals surface area contributed by atoms with Crippen LogP contribution in [-0.2, 0) is 4.79 Å². The summed E-state index contributed by atoms with van der Waals surface area (Å²) in [5, 5.41) is 6.25. The molecule has 1 unspecified atom stereocenters. The van der Waals surface area contributed by atoms with E-state index < -0.39 is 0 Å². The molecular weight excluding hydrogens is 262 g/mol. The van der Waals surface area contributed by atoms with Crippen molar-refractivity contribution in [3.63, 3.8) is 0 Å². The largest absolute Gasteiger partial charge is 0.372 e. The highest BCUT2D eigenvalue weighted by atomic mass is 16.1. The second-order valence-corrected chi connectivity index (χ2v) is 6.29. The van der Waals surface area contributed by atoms with E-state index in [2.05, 4.69) is 27.7 Å². The Morgan fingerprint density at radius 2 is 1.86 bits per heavy atom. The lowest BCUT2D eigenvalue weighted by atomic mass is 9.88. The Balaban J connectivity index is 1.57. The van der Waals surface area contributed by atoms with Crippen molar-refractivity contribution >= 4 is 17.3 Å². The fourth-order valence-corrected chi connectivity index (χ4v) is 3.04. The highest BCUT2D eigenvalue weighted by Gasteiger charge is 2.28. The minimum atomic E-state index is 0.0769. The number of hydrogen-bond acceptors (Lipinski definition) is 3. The molecule has 0 spiro atoms. The van der Waals surface area contributed by atoms with E-state index in [0.717, 1.165) is 31.9 Å². The van der Waals surface area contributed by atoms with Crippen molar-refractivity contribution in [2.75, 3.05) is 36.4 Å². The molecule has 1 aromatic rings. The van der Waals surface area contributed by atoms with E-state index >= 15 is 0 Å². The van der Waals surface area contributed by atoms with Gasteiger partial charge in [-0.1, -0.05) is 6.92 Å². The summed E-state index contributed by atoms with van der Waals surface area (Å²) in [7, 11) is 0. The van der Waals surface area contributed by atoms with Crippen molar-refractivity contribution in [1.82, 2.24) is 5.32 Å². The molecule has 2 aliphatic rings. The maximum Gasteiger partial charge on any atom is 0.227 e. The first-order valence-electron chi connectivity index (χ1n) is 8.10. The Labute approximate surface area is 126 Å². The zero-order valence-corrected chi connectivity index (χ0v) is 12.8. The van der Waals surface area contributed by atoms with E-state index in [-0.39, 0.29) is 11.8 Å². The minimum absolute atomic E-state index is 0.0769. The average molecular weight is 287 g/mol. The molecule has 2 N–H and O–H groups in total. The molecule has 0 bridgehead atoms. The van der Waals surface area contributed by atoms with Gasteiger partial charge in [-0.2, -0.15) is 0 Å². The zero-order chi connectivity index (χ0) is 14.7. The van der Waals surface area contributed by atoms with Crippen LogP contribution in [0.5, 0.6) is 0 Å². The number of anilines is 2. The van der Waals surface area contributed by atoms with Gasteiger partial charge in [0.05, 0.1) is 0 Å². The van der Waals surface area contributed by atoms with Crippen LogP contribution in [0.4, 0.5) is 11.4 Å². The molecule has 21 heavy (non-hydrogen) atoms. The van der Waals surface area contributed by atoms with Crippen LogP contribution >= 0.6 is 0 Å². The van der Waals surface area contributed by atoms with E-state index in [9.17, 15) is 4.79 Å². The molecule has 0 aromatic heterocycles. The number of benzene rings is 1. The number of carbonyl (C=O) groups is 1. The molecule has 2 fully saturated rings. The van der Waals surface area contributed by atoms with Crippen LogP contribution in [-0.4, -0.2) is 32.1 Å². The molecule has 2 saturated heterocycles. The molecule has 114 valence electrons. The summed E-state index contributed by atoms with van der Waals surface area (Å²) in [5.41, 5.74) is 2.17. The number of nitrogens with one attached hydrogen (secondary N) is 2. The van der Waals surface area contributed by atoms with Gasteiger partial charge in [-0.05, 0) is 62.5 Å². The van der Waals surface area contributed by atoms with Crippen LogP contribution in [0, 0.1) is 11.8 Å². The van der Waals surface area contributed by atoms with Crippen LogP contribution in [0.2, 0.25) is 0 Å². The molecule has 2 aliphatic heterocycles. The number of rotatable bonds is 4. The third-order valence-electron chi connectivity index (χ3n) is 4.79. The third kappa shape index (κ3) is 3.38. The van der Waals surface area contributed by atoms with E-state index in [1.807, 2.05) is 19.1 Å². The lowest BCUT2D eigenvalue weighted by Crippen LogP contribution is -2.48. The molecule has 1 atom stereocenters. The highest BCUT2D eigenvalue weighted by Crippen LogP contribution is 2.23. The quantitative estimate of drug-likeness (QED) is 0.894. The summed E-state index contributed by atoms with van der Waals surface area (Å²) >= 11 is 0. The Morgan fingerprint density at radius 3 is 2.43 bits per heavy atom. The molecule has 1 aromatic carbocycles. The van der Waals surface area contributed by atoms with Gasteiger partial charge in [0.1, 0.15) is 0 Å². The maximum atomic E-state index is 12.2. The molecule has 0 saturated carbocycles. The number of piperidine rings is 1.